The third-order valence-electron chi connectivity index (χ3n) is 4.92. The average Bonchev–Trinajstić information content (AvgIpc) is 2.52. The van der Waals surface area contributed by atoms with Gasteiger partial charge in [-0.3, -0.25) is 0 Å². The van der Waals surface area contributed by atoms with Crippen molar-refractivity contribution in [3.05, 3.63) is 0 Å². The van der Waals surface area contributed by atoms with Gasteiger partial charge in [-0.1, -0.05) is 20.3 Å². The van der Waals surface area contributed by atoms with Gasteiger partial charge in [0.05, 0.1) is 18.8 Å². The molecule has 0 aromatic heterocycles. The van der Waals surface area contributed by atoms with Crippen LogP contribution in [0.5, 0.6) is 0 Å². The topological polar surface area (TPSA) is 41.9 Å². The Hall–Kier alpha value is -0.160. The van der Waals surface area contributed by atoms with E-state index in [0.717, 1.165) is 57.5 Å². The van der Waals surface area contributed by atoms with Gasteiger partial charge in [-0.15, -0.1) is 0 Å². The van der Waals surface area contributed by atoms with Crippen LogP contribution in [0.4, 0.5) is 0 Å². The molecule has 0 radical (unpaired) electrons. The van der Waals surface area contributed by atoms with Crippen LogP contribution in [-0.4, -0.2) is 61.7 Å². The maximum Gasteiger partial charge on any atom is 0.0900 e. The lowest BCUT2D eigenvalue weighted by Gasteiger charge is -2.34. The van der Waals surface area contributed by atoms with E-state index in [1.807, 2.05) is 0 Å². The van der Waals surface area contributed by atoms with Crippen LogP contribution < -0.4 is 0 Å². The molecule has 0 aromatic carbocycles. The predicted molar refractivity (Wildman–Crippen MR) is 89.0 cm³/mol. The second-order valence-electron chi connectivity index (χ2n) is 7.54. The second kappa shape index (κ2) is 9.86. The Morgan fingerprint density at radius 2 is 2.00 bits per heavy atom. The summed E-state index contributed by atoms with van der Waals surface area (Å²) in [6.07, 6.45) is 7.15. The molecule has 22 heavy (non-hydrogen) atoms. The third kappa shape index (κ3) is 6.95. The van der Waals surface area contributed by atoms with Gasteiger partial charge in [0.2, 0.25) is 0 Å². The zero-order chi connectivity index (χ0) is 15.8. The van der Waals surface area contributed by atoms with Gasteiger partial charge in [-0.2, -0.15) is 0 Å². The molecule has 4 heteroatoms. The minimum Gasteiger partial charge on any atom is -0.389 e. The Morgan fingerprint density at radius 3 is 2.73 bits per heavy atom. The van der Waals surface area contributed by atoms with Crippen LogP contribution in [0.15, 0.2) is 0 Å². The lowest BCUT2D eigenvalue weighted by Crippen LogP contribution is -2.42. The summed E-state index contributed by atoms with van der Waals surface area (Å²) in [6.45, 7) is 9.72. The summed E-state index contributed by atoms with van der Waals surface area (Å²) in [4.78, 5) is 2.44. The summed E-state index contributed by atoms with van der Waals surface area (Å²) in [7, 11) is 0. The van der Waals surface area contributed by atoms with E-state index >= 15 is 0 Å². The zero-order valence-electron chi connectivity index (χ0n) is 14.5. The van der Waals surface area contributed by atoms with Gasteiger partial charge in [0, 0.05) is 26.3 Å². The number of nitrogens with zero attached hydrogens (tertiary/aromatic N) is 1. The molecule has 2 unspecified atom stereocenters. The van der Waals surface area contributed by atoms with E-state index in [0.29, 0.717) is 6.61 Å². The molecule has 4 nitrogen and oxygen atoms in total. The van der Waals surface area contributed by atoms with Crippen LogP contribution >= 0.6 is 0 Å². The molecule has 2 atom stereocenters. The average molecular weight is 313 g/mol. The van der Waals surface area contributed by atoms with E-state index in [1.165, 1.54) is 25.7 Å². The fraction of sp³-hybridized carbons (Fsp3) is 1.00. The van der Waals surface area contributed by atoms with E-state index in [-0.39, 0.29) is 12.2 Å². The number of likely N-dealkylation sites (tertiary alicyclic amines) is 1. The fourth-order valence-corrected chi connectivity index (χ4v) is 3.56. The van der Waals surface area contributed by atoms with Crippen molar-refractivity contribution in [1.82, 2.24) is 4.90 Å². The number of β-amino-alcohol motifs (C(OH)–C–C–N with tert-alkyl or cyclic N) is 1. The van der Waals surface area contributed by atoms with Gasteiger partial charge in [-0.05, 0) is 50.5 Å². The van der Waals surface area contributed by atoms with E-state index < -0.39 is 0 Å². The Balaban J connectivity index is 1.61. The van der Waals surface area contributed by atoms with Crippen molar-refractivity contribution < 1.29 is 14.6 Å². The Labute approximate surface area is 136 Å². The fourth-order valence-electron chi connectivity index (χ4n) is 3.56. The molecule has 0 spiro atoms. The number of piperidine rings is 1. The predicted octanol–water partition coefficient (Wildman–Crippen LogP) is 2.69. The molecule has 0 amide bonds. The summed E-state index contributed by atoms with van der Waals surface area (Å²) >= 11 is 0. The minimum atomic E-state index is -0.355. The van der Waals surface area contributed by atoms with Gasteiger partial charge in [0.25, 0.3) is 0 Å². The first kappa shape index (κ1) is 18.2. The summed E-state index contributed by atoms with van der Waals surface area (Å²) < 4.78 is 11.2. The van der Waals surface area contributed by atoms with Crippen molar-refractivity contribution in [3.63, 3.8) is 0 Å². The Morgan fingerprint density at radius 1 is 1.23 bits per heavy atom. The van der Waals surface area contributed by atoms with Gasteiger partial charge in [-0.25, -0.2) is 0 Å². The van der Waals surface area contributed by atoms with Gasteiger partial charge < -0.3 is 19.5 Å². The lowest BCUT2D eigenvalue weighted by molar-refractivity contribution is -0.0657. The van der Waals surface area contributed by atoms with Crippen LogP contribution in [0.2, 0.25) is 0 Å². The van der Waals surface area contributed by atoms with Crippen LogP contribution in [0.1, 0.15) is 52.4 Å². The Kier molecular flexibility index (Phi) is 8.15. The van der Waals surface area contributed by atoms with E-state index in [1.54, 1.807) is 0 Å². The van der Waals surface area contributed by atoms with E-state index in [4.69, 9.17) is 9.47 Å². The van der Waals surface area contributed by atoms with Crippen molar-refractivity contribution in [1.29, 1.82) is 0 Å². The molecule has 2 rings (SSSR count). The monoisotopic (exact) mass is 313 g/mol. The molecule has 2 heterocycles. The highest BCUT2D eigenvalue weighted by Gasteiger charge is 2.22. The summed E-state index contributed by atoms with van der Waals surface area (Å²) in [6, 6.07) is 0. The normalized spacial score (nSPS) is 26.5. The van der Waals surface area contributed by atoms with Crippen LogP contribution in [0.3, 0.4) is 0 Å². The van der Waals surface area contributed by atoms with Crippen molar-refractivity contribution in [2.24, 2.45) is 11.8 Å². The second-order valence-corrected chi connectivity index (χ2v) is 7.54. The number of hydrogen-bond donors (Lipinski definition) is 1. The molecule has 130 valence electrons. The van der Waals surface area contributed by atoms with Gasteiger partial charge >= 0.3 is 0 Å². The molecule has 0 aliphatic carbocycles. The molecule has 2 aliphatic rings. The van der Waals surface area contributed by atoms with E-state index in [2.05, 4.69) is 18.7 Å². The largest absolute Gasteiger partial charge is 0.389 e. The van der Waals surface area contributed by atoms with Crippen LogP contribution in [0, 0.1) is 11.8 Å². The molecule has 0 bridgehead atoms. The van der Waals surface area contributed by atoms with Gasteiger partial charge in [0.1, 0.15) is 0 Å². The number of rotatable bonds is 8. The number of aliphatic hydroxyl groups is 1. The molecule has 2 saturated heterocycles. The summed E-state index contributed by atoms with van der Waals surface area (Å²) in [5.74, 6) is 1.62. The minimum absolute atomic E-state index is 0.281. The van der Waals surface area contributed by atoms with Crippen molar-refractivity contribution in [2.75, 3.05) is 39.5 Å². The number of aliphatic hydroxyl groups excluding tert-OH is 1. The highest BCUT2D eigenvalue weighted by atomic mass is 16.5. The number of ether oxygens (including phenoxy) is 2. The lowest BCUT2D eigenvalue weighted by atomic mass is 9.90. The molecular weight excluding hydrogens is 278 g/mol. The summed E-state index contributed by atoms with van der Waals surface area (Å²) in [5.41, 5.74) is 0. The molecule has 2 aliphatic heterocycles. The molecular formula is C18H35NO3. The van der Waals surface area contributed by atoms with Crippen molar-refractivity contribution in [2.45, 2.75) is 64.6 Å². The van der Waals surface area contributed by atoms with Crippen molar-refractivity contribution >= 4 is 0 Å². The highest BCUT2D eigenvalue weighted by molar-refractivity contribution is 4.76. The molecule has 1 N–H and O–H groups in total. The first-order valence-corrected chi connectivity index (χ1v) is 9.23. The maximum atomic E-state index is 10.2. The first-order chi connectivity index (χ1) is 10.6. The molecule has 2 fully saturated rings. The van der Waals surface area contributed by atoms with E-state index in [9.17, 15) is 5.11 Å². The standard InChI is InChI=1S/C18H35NO3/c1-15(2)5-6-16-4-3-9-19(12-16)13-17(20)14-22-18-7-10-21-11-8-18/h15-18,20H,3-14H2,1-2H3. The maximum absolute atomic E-state index is 10.2. The highest BCUT2D eigenvalue weighted by Crippen LogP contribution is 2.23. The quantitative estimate of drug-likeness (QED) is 0.748. The van der Waals surface area contributed by atoms with Crippen molar-refractivity contribution in [3.8, 4) is 0 Å². The zero-order valence-corrected chi connectivity index (χ0v) is 14.5. The first-order valence-electron chi connectivity index (χ1n) is 9.23. The van der Waals surface area contributed by atoms with Crippen LogP contribution in [0.25, 0.3) is 0 Å². The summed E-state index contributed by atoms with van der Waals surface area (Å²) in [5, 5.41) is 10.2. The third-order valence-corrected chi connectivity index (χ3v) is 4.92. The smallest absolute Gasteiger partial charge is 0.0900 e. The number of hydrogen-bond acceptors (Lipinski definition) is 4. The SMILES string of the molecule is CC(C)CCC1CCCN(CC(O)COC2CCOCC2)C1. The molecule has 0 aromatic rings. The van der Waals surface area contributed by atoms with Crippen LogP contribution in [-0.2, 0) is 9.47 Å². The molecule has 0 saturated carbocycles. The Bertz CT molecular complexity index is 292. The van der Waals surface area contributed by atoms with Gasteiger partial charge in [0.15, 0.2) is 0 Å².